The van der Waals surface area contributed by atoms with E-state index in [1.54, 1.807) is 6.33 Å². The van der Waals surface area contributed by atoms with Crippen LogP contribution in [0.3, 0.4) is 0 Å². The summed E-state index contributed by atoms with van der Waals surface area (Å²) in [4.78, 5) is 19.3. The maximum atomic E-state index is 11.9. The van der Waals surface area contributed by atoms with Gasteiger partial charge in [-0.05, 0) is 31.6 Å². The normalized spacial score (nSPS) is 23.9. The molecule has 1 amide bonds. The zero-order chi connectivity index (χ0) is 11.0. The third-order valence-electron chi connectivity index (χ3n) is 3.62. The van der Waals surface area contributed by atoms with Crippen molar-refractivity contribution in [3.8, 4) is 0 Å². The standard InChI is InChI=1S/C12H17N3O/c16-12(13-6-8-1-2-8)9-3-4-10-11(5-9)15-7-14-10/h7-9H,1-6H2,(H,13,16)(H,14,15). The molecular formula is C12H17N3O. The Labute approximate surface area is 94.8 Å². The Bertz CT molecular complexity index is 395. The number of H-pyrrole nitrogens is 1. The van der Waals surface area contributed by atoms with Gasteiger partial charge in [0.1, 0.15) is 0 Å². The third kappa shape index (κ3) is 1.96. The fourth-order valence-electron chi connectivity index (χ4n) is 2.34. The highest BCUT2D eigenvalue weighted by Gasteiger charge is 2.28. The SMILES string of the molecule is O=C(NCC1CC1)C1CCc2nc[nH]c2C1. The Hall–Kier alpha value is -1.32. The van der Waals surface area contributed by atoms with E-state index in [1.807, 2.05) is 0 Å². The van der Waals surface area contributed by atoms with Crippen LogP contribution >= 0.6 is 0 Å². The smallest absolute Gasteiger partial charge is 0.223 e. The van der Waals surface area contributed by atoms with Gasteiger partial charge in [0.2, 0.25) is 5.91 Å². The molecule has 4 nitrogen and oxygen atoms in total. The van der Waals surface area contributed by atoms with Gasteiger partial charge in [-0.2, -0.15) is 0 Å². The monoisotopic (exact) mass is 219 g/mol. The van der Waals surface area contributed by atoms with Gasteiger partial charge in [-0.1, -0.05) is 0 Å². The molecular weight excluding hydrogens is 202 g/mol. The third-order valence-corrected chi connectivity index (χ3v) is 3.62. The van der Waals surface area contributed by atoms with E-state index in [2.05, 4.69) is 15.3 Å². The molecule has 2 N–H and O–H groups in total. The van der Waals surface area contributed by atoms with Crippen LogP contribution in [0.1, 0.15) is 30.7 Å². The van der Waals surface area contributed by atoms with Crippen molar-refractivity contribution in [2.75, 3.05) is 6.54 Å². The molecule has 4 heteroatoms. The van der Waals surface area contributed by atoms with Gasteiger partial charge < -0.3 is 10.3 Å². The Morgan fingerprint density at radius 2 is 2.38 bits per heavy atom. The summed E-state index contributed by atoms with van der Waals surface area (Å²) in [6, 6.07) is 0. The van der Waals surface area contributed by atoms with Gasteiger partial charge in [0.15, 0.2) is 0 Å². The fraction of sp³-hybridized carbons (Fsp3) is 0.667. The summed E-state index contributed by atoms with van der Waals surface area (Å²) in [7, 11) is 0. The molecule has 0 spiro atoms. The van der Waals surface area contributed by atoms with E-state index in [-0.39, 0.29) is 11.8 Å². The number of hydrogen-bond acceptors (Lipinski definition) is 2. The number of aromatic amines is 1. The van der Waals surface area contributed by atoms with Crippen molar-refractivity contribution >= 4 is 5.91 Å². The van der Waals surface area contributed by atoms with Gasteiger partial charge in [0.25, 0.3) is 0 Å². The van der Waals surface area contributed by atoms with E-state index in [1.165, 1.54) is 12.8 Å². The average Bonchev–Trinajstić information content (AvgIpc) is 3.01. The van der Waals surface area contributed by atoms with Crippen LogP contribution in [0, 0.1) is 11.8 Å². The summed E-state index contributed by atoms with van der Waals surface area (Å²) < 4.78 is 0. The van der Waals surface area contributed by atoms with E-state index in [0.29, 0.717) is 0 Å². The number of amides is 1. The van der Waals surface area contributed by atoms with Crippen molar-refractivity contribution in [3.63, 3.8) is 0 Å². The molecule has 0 radical (unpaired) electrons. The molecule has 2 aliphatic rings. The number of carbonyl (C=O) groups is 1. The molecule has 1 fully saturated rings. The summed E-state index contributed by atoms with van der Waals surface area (Å²) in [6.45, 7) is 0.880. The highest BCUT2D eigenvalue weighted by atomic mass is 16.1. The molecule has 2 aliphatic carbocycles. The number of imidazole rings is 1. The summed E-state index contributed by atoms with van der Waals surface area (Å²) in [5, 5.41) is 3.06. The second-order valence-electron chi connectivity index (χ2n) is 4.96. The second kappa shape index (κ2) is 3.92. The molecule has 1 saturated carbocycles. The lowest BCUT2D eigenvalue weighted by molar-refractivity contribution is -0.125. The molecule has 3 rings (SSSR count). The van der Waals surface area contributed by atoms with Gasteiger partial charge in [0.05, 0.1) is 12.0 Å². The highest BCUT2D eigenvalue weighted by molar-refractivity contribution is 5.79. The molecule has 0 aromatic carbocycles. The van der Waals surface area contributed by atoms with Gasteiger partial charge in [-0.25, -0.2) is 4.98 Å². The van der Waals surface area contributed by atoms with E-state index in [9.17, 15) is 4.79 Å². The van der Waals surface area contributed by atoms with E-state index < -0.39 is 0 Å². The lowest BCUT2D eigenvalue weighted by atomic mass is 9.89. The zero-order valence-corrected chi connectivity index (χ0v) is 9.33. The largest absolute Gasteiger partial charge is 0.356 e. The first-order valence-electron chi connectivity index (χ1n) is 6.12. The van der Waals surface area contributed by atoms with Crippen LogP contribution in [0.2, 0.25) is 0 Å². The van der Waals surface area contributed by atoms with E-state index >= 15 is 0 Å². The molecule has 0 saturated heterocycles. The minimum Gasteiger partial charge on any atom is -0.356 e. The van der Waals surface area contributed by atoms with Crippen LogP contribution in [0.15, 0.2) is 6.33 Å². The molecule has 86 valence electrons. The van der Waals surface area contributed by atoms with Crippen LogP contribution in [0.25, 0.3) is 0 Å². The molecule has 16 heavy (non-hydrogen) atoms. The summed E-state index contributed by atoms with van der Waals surface area (Å²) in [6.07, 6.45) is 7.00. The first-order valence-corrected chi connectivity index (χ1v) is 6.12. The van der Waals surface area contributed by atoms with Crippen molar-refractivity contribution in [1.82, 2.24) is 15.3 Å². The molecule has 0 bridgehead atoms. The number of aryl methyl sites for hydroxylation is 1. The number of hydrogen-bond donors (Lipinski definition) is 2. The molecule has 1 heterocycles. The molecule has 1 aromatic heterocycles. The lowest BCUT2D eigenvalue weighted by Crippen LogP contribution is -2.35. The Morgan fingerprint density at radius 1 is 1.50 bits per heavy atom. The predicted molar refractivity (Wildman–Crippen MR) is 59.8 cm³/mol. The van der Waals surface area contributed by atoms with E-state index in [4.69, 9.17) is 0 Å². The van der Waals surface area contributed by atoms with Crippen molar-refractivity contribution in [2.24, 2.45) is 11.8 Å². The first-order chi connectivity index (χ1) is 7.83. The van der Waals surface area contributed by atoms with Crippen molar-refractivity contribution in [1.29, 1.82) is 0 Å². The van der Waals surface area contributed by atoms with Gasteiger partial charge in [-0.3, -0.25) is 4.79 Å². The Morgan fingerprint density at radius 3 is 3.19 bits per heavy atom. The van der Waals surface area contributed by atoms with Crippen molar-refractivity contribution in [2.45, 2.75) is 32.1 Å². The molecule has 0 aliphatic heterocycles. The summed E-state index contributed by atoms with van der Waals surface area (Å²) in [5.41, 5.74) is 2.30. The number of nitrogens with zero attached hydrogens (tertiary/aromatic N) is 1. The Kier molecular flexibility index (Phi) is 2.42. The summed E-state index contributed by atoms with van der Waals surface area (Å²) >= 11 is 0. The zero-order valence-electron chi connectivity index (χ0n) is 9.33. The van der Waals surface area contributed by atoms with Crippen LogP contribution in [-0.4, -0.2) is 22.4 Å². The highest BCUT2D eigenvalue weighted by Crippen LogP contribution is 2.28. The number of nitrogens with one attached hydrogen (secondary N) is 2. The van der Waals surface area contributed by atoms with Crippen molar-refractivity contribution < 1.29 is 4.79 Å². The lowest BCUT2D eigenvalue weighted by Gasteiger charge is -2.20. The second-order valence-corrected chi connectivity index (χ2v) is 4.96. The van der Waals surface area contributed by atoms with Crippen molar-refractivity contribution in [3.05, 3.63) is 17.7 Å². The predicted octanol–water partition coefficient (Wildman–Crippen LogP) is 1.04. The minimum atomic E-state index is 0.145. The number of fused-ring (bicyclic) bond motifs is 1. The average molecular weight is 219 g/mol. The maximum absolute atomic E-state index is 11.9. The van der Waals surface area contributed by atoms with Crippen LogP contribution in [-0.2, 0) is 17.6 Å². The van der Waals surface area contributed by atoms with Gasteiger partial charge >= 0.3 is 0 Å². The van der Waals surface area contributed by atoms with Gasteiger partial charge in [-0.15, -0.1) is 0 Å². The fourth-order valence-corrected chi connectivity index (χ4v) is 2.34. The topological polar surface area (TPSA) is 57.8 Å². The maximum Gasteiger partial charge on any atom is 0.223 e. The Balaban J connectivity index is 1.57. The first kappa shape index (κ1) is 9.87. The van der Waals surface area contributed by atoms with Crippen LogP contribution in [0.5, 0.6) is 0 Å². The number of rotatable bonds is 3. The molecule has 1 atom stereocenters. The number of aromatic nitrogens is 2. The molecule has 1 unspecified atom stereocenters. The van der Waals surface area contributed by atoms with Crippen LogP contribution < -0.4 is 5.32 Å². The van der Waals surface area contributed by atoms with Gasteiger partial charge in [0, 0.05) is 24.6 Å². The van der Waals surface area contributed by atoms with Crippen LogP contribution in [0.4, 0.5) is 0 Å². The molecule has 1 aromatic rings. The summed E-state index contributed by atoms with van der Waals surface area (Å²) in [5.74, 6) is 1.13. The minimum absolute atomic E-state index is 0.145. The quantitative estimate of drug-likeness (QED) is 0.798. The van der Waals surface area contributed by atoms with E-state index in [0.717, 1.165) is 43.1 Å². The number of carbonyl (C=O) groups excluding carboxylic acids is 1.